The number of methoxy groups -OCH3 is 1. The number of aliphatic hydroxyl groups excluding tert-OH is 1. The van der Waals surface area contributed by atoms with E-state index in [4.69, 9.17) is 9.47 Å². The zero-order valence-electron chi connectivity index (χ0n) is 21.1. The standard InChI is InChI=1S/C25H35N3O6S/c1-17-14-28(18(2)16-29)25(30)22-13-19(26(3)4)7-12-23(22)34-24(17)15-27(5)35(31,32)21-10-8-20(33-6)9-11-21/h7-13,17-18,24,29H,14-16H2,1-6H3/t17-,18-,24-/m0/s1. The normalized spacial score (nSPS) is 19.4. The zero-order chi connectivity index (χ0) is 25.9. The van der Waals surface area contributed by atoms with Crippen LogP contribution in [0.15, 0.2) is 47.4 Å². The van der Waals surface area contributed by atoms with Gasteiger partial charge in [0, 0.05) is 39.3 Å². The molecule has 10 heteroatoms. The van der Waals surface area contributed by atoms with Crippen LogP contribution in [0.5, 0.6) is 11.5 Å². The number of rotatable bonds is 8. The van der Waals surface area contributed by atoms with E-state index in [1.54, 1.807) is 36.1 Å². The molecule has 0 aliphatic carbocycles. The fraction of sp³-hybridized carbons (Fsp3) is 0.480. The number of carbonyl (C=O) groups is 1. The summed E-state index contributed by atoms with van der Waals surface area (Å²) in [6.45, 7) is 3.92. The molecule has 35 heavy (non-hydrogen) atoms. The molecule has 0 fully saturated rings. The topological polar surface area (TPSA) is 99.6 Å². The molecule has 9 nitrogen and oxygen atoms in total. The molecule has 0 radical (unpaired) electrons. The number of fused-ring (bicyclic) bond motifs is 1. The van der Waals surface area contributed by atoms with Crippen molar-refractivity contribution in [2.45, 2.75) is 30.9 Å². The maximum absolute atomic E-state index is 13.4. The number of ether oxygens (including phenoxy) is 2. The summed E-state index contributed by atoms with van der Waals surface area (Å²) >= 11 is 0. The second-order valence-electron chi connectivity index (χ2n) is 9.16. The molecule has 1 aliphatic heterocycles. The predicted molar refractivity (Wildman–Crippen MR) is 135 cm³/mol. The van der Waals surface area contributed by atoms with Gasteiger partial charge in [-0.2, -0.15) is 4.31 Å². The summed E-state index contributed by atoms with van der Waals surface area (Å²) in [5.41, 5.74) is 1.22. The van der Waals surface area contributed by atoms with Crippen LogP contribution in [0.4, 0.5) is 5.69 Å². The third kappa shape index (κ3) is 5.71. The van der Waals surface area contributed by atoms with Crippen molar-refractivity contribution in [3.8, 4) is 11.5 Å². The highest BCUT2D eigenvalue weighted by Crippen LogP contribution is 2.31. The van der Waals surface area contributed by atoms with Crippen molar-refractivity contribution in [3.63, 3.8) is 0 Å². The van der Waals surface area contributed by atoms with E-state index in [0.29, 0.717) is 23.6 Å². The Bertz CT molecular complexity index is 1140. The summed E-state index contributed by atoms with van der Waals surface area (Å²) in [5.74, 6) is 0.528. The van der Waals surface area contributed by atoms with E-state index >= 15 is 0 Å². The molecular weight excluding hydrogens is 470 g/mol. The second kappa shape index (κ2) is 10.8. The fourth-order valence-corrected chi connectivity index (χ4v) is 5.17. The van der Waals surface area contributed by atoms with E-state index in [1.807, 2.05) is 32.0 Å². The Kier molecular flexibility index (Phi) is 8.30. The highest BCUT2D eigenvalue weighted by atomic mass is 32.2. The maximum atomic E-state index is 13.4. The van der Waals surface area contributed by atoms with Gasteiger partial charge in [-0.05, 0) is 49.4 Å². The highest BCUT2D eigenvalue weighted by molar-refractivity contribution is 7.89. The van der Waals surface area contributed by atoms with Gasteiger partial charge in [0.05, 0.1) is 36.8 Å². The van der Waals surface area contributed by atoms with E-state index in [0.717, 1.165) is 5.69 Å². The van der Waals surface area contributed by atoms with Crippen molar-refractivity contribution >= 4 is 21.6 Å². The molecule has 0 saturated heterocycles. The van der Waals surface area contributed by atoms with Gasteiger partial charge in [0.2, 0.25) is 10.0 Å². The van der Waals surface area contributed by atoms with Crippen LogP contribution in [0.3, 0.4) is 0 Å². The molecule has 0 bridgehead atoms. The van der Waals surface area contributed by atoms with Gasteiger partial charge in [0.15, 0.2) is 0 Å². The van der Waals surface area contributed by atoms with Crippen LogP contribution >= 0.6 is 0 Å². The fourth-order valence-electron chi connectivity index (χ4n) is 3.99. The monoisotopic (exact) mass is 505 g/mol. The minimum atomic E-state index is -3.78. The summed E-state index contributed by atoms with van der Waals surface area (Å²) < 4.78 is 39.2. The molecule has 0 aromatic heterocycles. The summed E-state index contributed by atoms with van der Waals surface area (Å²) in [4.78, 5) is 17.1. The minimum Gasteiger partial charge on any atom is -0.497 e. The first-order chi connectivity index (χ1) is 16.5. The Morgan fingerprint density at radius 2 is 1.83 bits per heavy atom. The molecule has 3 atom stereocenters. The summed E-state index contributed by atoms with van der Waals surface area (Å²) in [6, 6.07) is 11.2. The Morgan fingerprint density at radius 3 is 2.40 bits per heavy atom. The van der Waals surface area contributed by atoms with Crippen LogP contribution in [-0.2, 0) is 10.0 Å². The van der Waals surface area contributed by atoms with E-state index in [1.165, 1.54) is 30.6 Å². The van der Waals surface area contributed by atoms with Crippen molar-refractivity contribution in [2.24, 2.45) is 5.92 Å². The summed E-state index contributed by atoms with van der Waals surface area (Å²) in [7, 11) is 3.03. The van der Waals surface area contributed by atoms with E-state index in [9.17, 15) is 18.3 Å². The molecule has 1 amide bonds. The van der Waals surface area contributed by atoms with Gasteiger partial charge in [-0.1, -0.05) is 6.92 Å². The Morgan fingerprint density at radius 1 is 1.17 bits per heavy atom. The second-order valence-corrected chi connectivity index (χ2v) is 11.2. The van der Waals surface area contributed by atoms with Gasteiger partial charge < -0.3 is 24.4 Å². The third-order valence-electron chi connectivity index (χ3n) is 6.37. The lowest BCUT2D eigenvalue weighted by Gasteiger charge is -2.38. The smallest absolute Gasteiger partial charge is 0.258 e. The van der Waals surface area contributed by atoms with Crippen LogP contribution in [-0.4, -0.2) is 88.7 Å². The third-order valence-corrected chi connectivity index (χ3v) is 8.21. The number of carbonyl (C=O) groups excluding carboxylic acids is 1. The predicted octanol–water partition coefficient (Wildman–Crippen LogP) is 2.30. The van der Waals surface area contributed by atoms with Crippen molar-refractivity contribution in [1.29, 1.82) is 0 Å². The number of hydrogen-bond donors (Lipinski definition) is 1. The van der Waals surface area contributed by atoms with E-state index < -0.39 is 22.2 Å². The van der Waals surface area contributed by atoms with Crippen LogP contribution in [0, 0.1) is 5.92 Å². The molecule has 192 valence electrons. The molecule has 0 saturated carbocycles. The Hall–Kier alpha value is -2.82. The van der Waals surface area contributed by atoms with E-state index in [2.05, 4.69) is 0 Å². The molecule has 2 aromatic rings. The van der Waals surface area contributed by atoms with Gasteiger partial charge in [0.25, 0.3) is 5.91 Å². The first-order valence-electron chi connectivity index (χ1n) is 11.5. The summed E-state index contributed by atoms with van der Waals surface area (Å²) in [5, 5.41) is 9.80. The molecule has 1 heterocycles. The van der Waals surface area contributed by atoms with E-state index in [-0.39, 0.29) is 29.9 Å². The molecule has 3 rings (SSSR count). The number of amides is 1. The number of likely N-dealkylation sites (N-methyl/N-ethyl adjacent to an activating group) is 1. The molecule has 1 aliphatic rings. The van der Waals surface area contributed by atoms with Crippen LogP contribution in [0.2, 0.25) is 0 Å². The average Bonchev–Trinajstić information content (AvgIpc) is 2.85. The quantitative estimate of drug-likeness (QED) is 0.588. The van der Waals surface area contributed by atoms with Crippen LogP contribution < -0.4 is 14.4 Å². The average molecular weight is 506 g/mol. The first-order valence-corrected chi connectivity index (χ1v) is 12.9. The van der Waals surface area contributed by atoms with Crippen molar-refractivity contribution in [2.75, 3.05) is 52.8 Å². The number of anilines is 1. The highest BCUT2D eigenvalue weighted by Gasteiger charge is 2.35. The largest absolute Gasteiger partial charge is 0.497 e. The van der Waals surface area contributed by atoms with Crippen LogP contribution in [0.1, 0.15) is 24.2 Å². The number of aliphatic hydroxyl groups is 1. The SMILES string of the molecule is COc1ccc(S(=O)(=O)N(C)C[C@@H]2Oc3ccc(N(C)C)cc3C(=O)N([C@@H](C)CO)C[C@@H]2C)cc1. The lowest BCUT2D eigenvalue weighted by atomic mass is 9.99. The van der Waals surface area contributed by atoms with Crippen molar-refractivity contribution in [1.82, 2.24) is 9.21 Å². The van der Waals surface area contributed by atoms with Crippen LogP contribution in [0.25, 0.3) is 0 Å². The Labute approximate surface area is 207 Å². The van der Waals surface area contributed by atoms with Gasteiger partial charge in [-0.15, -0.1) is 0 Å². The lowest BCUT2D eigenvalue weighted by molar-refractivity contribution is 0.0387. The first kappa shape index (κ1) is 26.8. The number of nitrogens with zero attached hydrogens (tertiary/aromatic N) is 3. The van der Waals surface area contributed by atoms with Crippen molar-refractivity contribution < 1.29 is 27.8 Å². The molecule has 0 spiro atoms. The number of benzene rings is 2. The minimum absolute atomic E-state index is 0.0833. The van der Waals surface area contributed by atoms with Crippen molar-refractivity contribution in [3.05, 3.63) is 48.0 Å². The Balaban J connectivity index is 1.95. The lowest BCUT2D eigenvalue weighted by Crippen LogP contribution is -2.50. The van der Waals surface area contributed by atoms with Gasteiger partial charge in [-0.25, -0.2) is 8.42 Å². The molecule has 2 aromatic carbocycles. The maximum Gasteiger partial charge on any atom is 0.258 e. The zero-order valence-corrected chi connectivity index (χ0v) is 21.9. The van der Waals surface area contributed by atoms with Gasteiger partial charge in [-0.3, -0.25) is 4.79 Å². The number of hydrogen-bond acceptors (Lipinski definition) is 7. The molecule has 0 unspecified atom stereocenters. The molecule has 1 N–H and O–H groups in total. The molecular formula is C25H35N3O6S. The number of sulfonamides is 1. The van der Waals surface area contributed by atoms with Gasteiger partial charge in [0.1, 0.15) is 17.6 Å². The summed E-state index contributed by atoms with van der Waals surface area (Å²) in [6.07, 6.45) is -0.529. The van der Waals surface area contributed by atoms with Gasteiger partial charge >= 0.3 is 0 Å².